The summed E-state index contributed by atoms with van der Waals surface area (Å²) in [5.41, 5.74) is 3.91. The molecule has 0 unspecified atom stereocenters. The molecule has 4 N–H and O–H groups in total. The number of rotatable bonds is 4. The fourth-order valence-electron chi connectivity index (χ4n) is 2.35. The number of amides is 1. The van der Waals surface area contributed by atoms with Crippen molar-refractivity contribution in [3.8, 4) is 0 Å². The summed E-state index contributed by atoms with van der Waals surface area (Å²) in [6.45, 7) is 3.41. The molecule has 104 valence electrons. The van der Waals surface area contributed by atoms with Crippen molar-refractivity contribution in [2.75, 3.05) is 6.54 Å². The second-order valence-corrected chi connectivity index (χ2v) is 5.90. The van der Waals surface area contributed by atoms with Crippen LogP contribution < -0.4 is 11.1 Å². The van der Waals surface area contributed by atoms with E-state index in [9.17, 15) is 14.7 Å². The minimum absolute atomic E-state index is 0.182. The lowest BCUT2D eigenvalue weighted by molar-refractivity contribution is -0.150. The molecule has 5 heteroatoms. The number of carbonyl (C=O) groups is 2. The Balaban J connectivity index is 2.68. The van der Waals surface area contributed by atoms with Gasteiger partial charge in [0.25, 0.3) is 0 Å². The van der Waals surface area contributed by atoms with Gasteiger partial charge in [0.15, 0.2) is 0 Å². The largest absolute Gasteiger partial charge is 0.481 e. The molecule has 1 fully saturated rings. The summed E-state index contributed by atoms with van der Waals surface area (Å²) in [7, 11) is 0. The monoisotopic (exact) mass is 256 g/mol. The van der Waals surface area contributed by atoms with Gasteiger partial charge in [-0.25, -0.2) is 0 Å². The zero-order chi connectivity index (χ0) is 13.8. The van der Waals surface area contributed by atoms with Gasteiger partial charge in [0, 0.05) is 6.54 Å². The minimum Gasteiger partial charge on any atom is -0.481 e. The van der Waals surface area contributed by atoms with Gasteiger partial charge in [0.05, 0.1) is 11.0 Å². The molecule has 0 aromatic carbocycles. The lowest BCUT2D eigenvalue weighted by Crippen LogP contribution is -2.53. The van der Waals surface area contributed by atoms with Crippen LogP contribution in [0, 0.1) is 5.41 Å². The highest BCUT2D eigenvalue weighted by Crippen LogP contribution is 2.34. The van der Waals surface area contributed by atoms with Gasteiger partial charge in [-0.2, -0.15) is 0 Å². The minimum atomic E-state index is -0.968. The molecule has 1 aliphatic carbocycles. The van der Waals surface area contributed by atoms with Crippen molar-refractivity contribution >= 4 is 11.9 Å². The maximum atomic E-state index is 11.7. The van der Waals surface area contributed by atoms with E-state index in [0.717, 1.165) is 25.7 Å². The summed E-state index contributed by atoms with van der Waals surface area (Å²) in [5.74, 6) is -1.10. The van der Waals surface area contributed by atoms with Crippen LogP contribution >= 0.6 is 0 Å². The van der Waals surface area contributed by atoms with Gasteiger partial charge in [0.2, 0.25) is 5.91 Å². The first-order chi connectivity index (χ1) is 8.28. The summed E-state index contributed by atoms with van der Waals surface area (Å²) in [4.78, 5) is 23.2. The number of nitrogens with one attached hydrogen (secondary N) is 1. The SMILES string of the molecule is CC(C)(N)C(=O)NCC1(C(=O)O)CCCCCC1. The quantitative estimate of drug-likeness (QED) is 0.660. The molecule has 1 aliphatic rings. The highest BCUT2D eigenvalue weighted by Gasteiger charge is 2.39. The maximum Gasteiger partial charge on any atom is 0.311 e. The first-order valence-corrected chi connectivity index (χ1v) is 6.58. The van der Waals surface area contributed by atoms with Crippen LogP contribution in [0.25, 0.3) is 0 Å². The Bertz CT molecular complexity index is 313. The predicted octanol–water partition coefficient (Wildman–Crippen LogP) is 1.27. The van der Waals surface area contributed by atoms with Crippen molar-refractivity contribution in [3.05, 3.63) is 0 Å². The third kappa shape index (κ3) is 3.70. The smallest absolute Gasteiger partial charge is 0.311 e. The molecule has 5 nitrogen and oxygen atoms in total. The Kier molecular flexibility index (Phi) is 4.73. The van der Waals surface area contributed by atoms with E-state index < -0.39 is 16.9 Å². The molecule has 0 heterocycles. The average Bonchev–Trinajstić information content (AvgIpc) is 2.50. The van der Waals surface area contributed by atoms with Crippen molar-refractivity contribution in [3.63, 3.8) is 0 Å². The van der Waals surface area contributed by atoms with Gasteiger partial charge in [-0.05, 0) is 26.7 Å². The second-order valence-electron chi connectivity index (χ2n) is 5.90. The van der Waals surface area contributed by atoms with E-state index in [4.69, 9.17) is 5.73 Å². The predicted molar refractivity (Wildman–Crippen MR) is 69.0 cm³/mol. The number of hydrogen-bond acceptors (Lipinski definition) is 3. The lowest BCUT2D eigenvalue weighted by Gasteiger charge is -2.29. The Labute approximate surface area is 108 Å². The summed E-state index contributed by atoms with van der Waals surface area (Å²) in [6.07, 6.45) is 5.24. The molecule has 0 saturated heterocycles. The van der Waals surface area contributed by atoms with E-state index >= 15 is 0 Å². The highest BCUT2D eigenvalue weighted by molar-refractivity contribution is 5.86. The summed E-state index contributed by atoms with van der Waals surface area (Å²) in [6, 6.07) is 0. The van der Waals surface area contributed by atoms with Gasteiger partial charge < -0.3 is 16.2 Å². The van der Waals surface area contributed by atoms with Crippen molar-refractivity contribution in [1.82, 2.24) is 5.32 Å². The number of carboxylic acids is 1. The molecule has 0 spiro atoms. The van der Waals surface area contributed by atoms with Crippen LogP contribution in [0.1, 0.15) is 52.4 Å². The van der Waals surface area contributed by atoms with Crippen LogP contribution in [-0.2, 0) is 9.59 Å². The molecule has 0 bridgehead atoms. The third-order valence-corrected chi connectivity index (χ3v) is 3.69. The average molecular weight is 256 g/mol. The molecule has 0 aromatic rings. The van der Waals surface area contributed by atoms with Gasteiger partial charge in [-0.15, -0.1) is 0 Å². The molecule has 0 aliphatic heterocycles. The topological polar surface area (TPSA) is 92.4 Å². The van der Waals surface area contributed by atoms with E-state index in [1.54, 1.807) is 13.8 Å². The van der Waals surface area contributed by atoms with Crippen LogP contribution in [0.3, 0.4) is 0 Å². The van der Waals surface area contributed by atoms with Gasteiger partial charge >= 0.3 is 5.97 Å². The van der Waals surface area contributed by atoms with E-state index in [1.807, 2.05) is 0 Å². The zero-order valence-electron chi connectivity index (χ0n) is 11.3. The number of carboxylic acid groups (broad SMARTS) is 1. The first-order valence-electron chi connectivity index (χ1n) is 6.58. The Morgan fingerprint density at radius 2 is 1.72 bits per heavy atom. The molecule has 18 heavy (non-hydrogen) atoms. The molecular formula is C13H24N2O3. The number of nitrogens with two attached hydrogens (primary N) is 1. The number of aliphatic carboxylic acids is 1. The van der Waals surface area contributed by atoms with E-state index in [-0.39, 0.29) is 12.5 Å². The fourth-order valence-corrected chi connectivity index (χ4v) is 2.35. The molecule has 0 radical (unpaired) electrons. The molecule has 1 rings (SSSR count). The normalized spacial score (nSPS) is 19.9. The Morgan fingerprint density at radius 1 is 1.22 bits per heavy atom. The summed E-state index contributed by atoms with van der Waals surface area (Å²) < 4.78 is 0. The third-order valence-electron chi connectivity index (χ3n) is 3.69. The molecular weight excluding hydrogens is 232 g/mol. The molecule has 1 saturated carbocycles. The van der Waals surface area contributed by atoms with Crippen LogP contribution in [0.2, 0.25) is 0 Å². The van der Waals surface area contributed by atoms with Crippen molar-refractivity contribution in [1.29, 1.82) is 0 Å². The highest BCUT2D eigenvalue weighted by atomic mass is 16.4. The van der Waals surface area contributed by atoms with Gasteiger partial charge in [-0.1, -0.05) is 25.7 Å². The van der Waals surface area contributed by atoms with Crippen LogP contribution in [0.5, 0.6) is 0 Å². The molecule has 0 aromatic heterocycles. The van der Waals surface area contributed by atoms with Crippen molar-refractivity contribution in [2.24, 2.45) is 11.1 Å². The summed E-state index contributed by atoms with van der Waals surface area (Å²) >= 11 is 0. The summed E-state index contributed by atoms with van der Waals surface area (Å²) in [5, 5.41) is 12.1. The van der Waals surface area contributed by atoms with E-state index in [2.05, 4.69) is 5.32 Å². The van der Waals surface area contributed by atoms with Crippen LogP contribution in [0.4, 0.5) is 0 Å². The fraction of sp³-hybridized carbons (Fsp3) is 0.846. The molecule has 1 amide bonds. The number of carbonyl (C=O) groups excluding carboxylic acids is 1. The zero-order valence-corrected chi connectivity index (χ0v) is 11.3. The van der Waals surface area contributed by atoms with E-state index in [0.29, 0.717) is 12.8 Å². The van der Waals surface area contributed by atoms with Crippen molar-refractivity contribution < 1.29 is 14.7 Å². The molecule has 0 atom stereocenters. The van der Waals surface area contributed by atoms with E-state index in [1.165, 1.54) is 0 Å². The van der Waals surface area contributed by atoms with Gasteiger partial charge in [0.1, 0.15) is 0 Å². The Hall–Kier alpha value is -1.10. The lowest BCUT2D eigenvalue weighted by atomic mass is 9.80. The first kappa shape index (κ1) is 15.0. The number of hydrogen-bond donors (Lipinski definition) is 3. The Morgan fingerprint density at radius 3 is 2.11 bits per heavy atom. The van der Waals surface area contributed by atoms with Crippen molar-refractivity contribution in [2.45, 2.75) is 57.9 Å². The second kappa shape index (κ2) is 5.69. The maximum absolute atomic E-state index is 11.7. The van der Waals surface area contributed by atoms with Gasteiger partial charge in [-0.3, -0.25) is 9.59 Å². The van der Waals surface area contributed by atoms with Crippen LogP contribution in [-0.4, -0.2) is 29.1 Å². The standard InChI is InChI=1S/C13H24N2O3/c1-12(2,14)10(16)15-9-13(11(17)18)7-5-3-4-6-8-13/h3-9,14H2,1-2H3,(H,15,16)(H,17,18). The van der Waals surface area contributed by atoms with Crippen LogP contribution in [0.15, 0.2) is 0 Å².